The van der Waals surface area contributed by atoms with Crippen molar-refractivity contribution in [3.05, 3.63) is 31.3 Å². The second-order valence-corrected chi connectivity index (χ2v) is 8.78. The van der Waals surface area contributed by atoms with Crippen LogP contribution in [0.1, 0.15) is 16.9 Å². The number of nitrogens with one attached hydrogen (secondary N) is 1. The van der Waals surface area contributed by atoms with E-state index in [-0.39, 0.29) is 30.5 Å². The molecule has 0 radical (unpaired) electrons. The van der Waals surface area contributed by atoms with Crippen LogP contribution in [0.15, 0.2) is 14.6 Å². The molecule has 1 unspecified atom stereocenters. The van der Waals surface area contributed by atoms with Crippen molar-refractivity contribution in [3.63, 3.8) is 0 Å². The van der Waals surface area contributed by atoms with Gasteiger partial charge in [0.05, 0.1) is 51.4 Å². The van der Waals surface area contributed by atoms with Crippen molar-refractivity contribution in [2.24, 2.45) is 4.99 Å². The summed E-state index contributed by atoms with van der Waals surface area (Å²) in [6.07, 6.45) is 0.269. The maximum Gasteiger partial charge on any atom is 0.413 e. The molecule has 1 amide bonds. The van der Waals surface area contributed by atoms with Gasteiger partial charge in [0.2, 0.25) is 5.96 Å². The van der Waals surface area contributed by atoms with Gasteiger partial charge in [-0.25, -0.2) is 9.59 Å². The number of ether oxygens (including phenoxy) is 3. The van der Waals surface area contributed by atoms with Gasteiger partial charge in [-0.05, 0) is 18.9 Å². The molecular weight excluding hydrogens is 438 g/mol. The molecular formula is C20H27N5O6S. The van der Waals surface area contributed by atoms with Crippen LogP contribution in [0.3, 0.4) is 0 Å². The van der Waals surface area contributed by atoms with Crippen molar-refractivity contribution in [1.82, 2.24) is 19.4 Å². The van der Waals surface area contributed by atoms with Gasteiger partial charge in [0.1, 0.15) is 4.83 Å². The molecule has 174 valence electrons. The third-order valence-corrected chi connectivity index (χ3v) is 7.06. The van der Waals surface area contributed by atoms with E-state index in [9.17, 15) is 14.4 Å². The minimum absolute atomic E-state index is 0.0308. The fraction of sp³-hybridized carbons (Fsp3) is 0.600. The Hall–Kier alpha value is -2.70. The molecule has 4 rings (SSSR count). The highest BCUT2D eigenvalue weighted by Gasteiger charge is 2.27. The smallest absolute Gasteiger partial charge is 0.413 e. The number of aliphatic imine (C=N–C) groups is 1. The summed E-state index contributed by atoms with van der Waals surface area (Å²) in [5.74, 6) is 0.437. The third-order valence-electron chi connectivity index (χ3n) is 5.76. The number of hydrogen-bond donors (Lipinski definition) is 1. The van der Waals surface area contributed by atoms with E-state index in [1.54, 1.807) is 4.57 Å². The van der Waals surface area contributed by atoms with Crippen LogP contribution in [0.25, 0.3) is 10.2 Å². The monoisotopic (exact) mass is 465 g/mol. The van der Waals surface area contributed by atoms with E-state index in [0.29, 0.717) is 49.0 Å². The fourth-order valence-electron chi connectivity index (χ4n) is 3.83. The summed E-state index contributed by atoms with van der Waals surface area (Å²) >= 11 is 1.42. The number of amides is 1. The summed E-state index contributed by atoms with van der Waals surface area (Å²) in [5, 5.41) is 3.17. The summed E-state index contributed by atoms with van der Waals surface area (Å²) in [6.45, 7) is 5.08. The van der Waals surface area contributed by atoms with Crippen molar-refractivity contribution < 1.29 is 19.0 Å². The number of hydrogen-bond acceptors (Lipinski definition) is 9. The Labute approximate surface area is 188 Å². The quantitative estimate of drug-likeness (QED) is 0.633. The molecule has 0 spiro atoms. The number of aryl methyl sites for hydroxylation is 1. The van der Waals surface area contributed by atoms with Gasteiger partial charge in [0, 0.05) is 25.1 Å². The molecule has 2 aromatic heterocycles. The first kappa shape index (κ1) is 22.5. The Bertz CT molecular complexity index is 1160. The van der Waals surface area contributed by atoms with E-state index >= 15 is 0 Å². The summed E-state index contributed by atoms with van der Waals surface area (Å²) in [4.78, 5) is 45.9. The first-order valence-corrected chi connectivity index (χ1v) is 11.3. The van der Waals surface area contributed by atoms with E-state index in [2.05, 4.69) is 15.0 Å². The van der Waals surface area contributed by atoms with Gasteiger partial charge < -0.3 is 19.1 Å². The van der Waals surface area contributed by atoms with Crippen molar-refractivity contribution >= 4 is 33.6 Å². The Morgan fingerprint density at radius 2 is 2.09 bits per heavy atom. The molecule has 4 heterocycles. The summed E-state index contributed by atoms with van der Waals surface area (Å²) in [7, 11) is 2.83. The van der Waals surface area contributed by atoms with E-state index in [4.69, 9.17) is 9.47 Å². The summed E-state index contributed by atoms with van der Waals surface area (Å²) < 4.78 is 18.2. The molecule has 1 fully saturated rings. The highest BCUT2D eigenvalue weighted by molar-refractivity contribution is 7.18. The van der Waals surface area contributed by atoms with Crippen LogP contribution < -0.4 is 16.6 Å². The number of rotatable bonds is 7. The van der Waals surface area contributed by atoms with Crippen molar-refractivity contribution in [2.75, 3.05) is 40.5 Å². The molecule has 2 aliphatic heterocycles. The number of nitrogens with zero attached hydrogens (tertiary/aromatic N) is 4. The zero-order chi connectivity index (χ0) is 22.8. The molecule has 2 aliphatic rings. The Kier molecular flexibility index (Phi) is 6.63. The molecule has 1 atom stereocenters. The van der Waals surface area contributed by atoms with Gasteiger partial charge in [-0.15, -0.1) is 11.3 Å². The molecule has 32 heavy (non-hydrogen) atoms. The number of thiophene rings is 1. The summed E-state index contributed by atoms with van der Waals surface area (Å²) in [6, 6.07) is 0. The zero-order valence-corrected chi connectivity index (χ0v) is 19.2. The molecule has 0 saturated carbocycles. The van der Waals surface area contributed by atoms with E-state index in [1.807, 2.05) is 11.8 Å². The van der Waals surface area contributed by atoms with Crippen molar-refractivity contribution in [3.8, 4) is 0 Å². The Morgan fingerprint density at radius 3 is 2.75 bits per heavy atom. The van der Waals surface area contributed by atoms with Crippen LogP contribution in [0.2, 0.25) is 0 Å². The second kappa shape index (κ2) is 9.43. The number of alkyl carbamates (subject to hydrolysis) is 1. The molecule has 12 heteroatoms. The molecule has 0 bridgehead atoms. The molecule has 1 saturated heterocycles. The minimum atomic E-state index is -0.584. The lowest BCUT2D eigenvalue weighted by molar-refractivity contribution is -0.0593. The zero-order valence-electron chi connectivity index (χ0n) is 18.4. The SMILES string of the molecule is COCCn1c(=O)c2c(C)c(CN3CCN=C3NC(=O)OC)sc2n(CC2CCO2)c1=O. The average Bonchev–Trinajstić information content (AvgIpc) is 3.31. The second-order valence-electron chi connectivity index (χ2n) is 7.70. The predicted octanol–water partition coefficient (Wildman–Crippen LogP) is 0.496. The van der Waals surface area contributed by atoms with Gasteiger partial charge in [-0.2, -0.15) is 0 Å². The highest BCUT2D eigenvalue weighted by Crippen LogP contribution is 2.30. The number of methoxy groups -OCH3 is 2. The van der Waals surface area contributed by atoms with Crippen LogP contribution in [0, 0.1) is 6.92 Å². The Balaban J connectivity index is 1.74. The van der Waals surface area contributed by atoms with Crippen molar-refractivity contribution in [1.29, 1.82) is 0 Å². The van der Waals surface area contributed by atoms with Gasteiger partial charge in [-0.3, -0.25) is 24.2 Å². The van der Waals surface area contributed by atoms with Gasteiger partial charge in [0.15, 0.2) is 0 Å². The first-order chi connectivity index (χ1) is 15.4. The lowest BCUT2D eigenvalue weighted by atomic mass is 10.2. The molecule has 0 aromatic carbocycles. The fourth-order valence-corrected chi connectivity index (χ4v) is 5.15. The maximum atomic E-state index is 13.3. The van der Waals surface area contributed by atoms with Crippen molar-refractivity contribution in [2.45, 2.75) is 39.1 Å². The largest absolute Gasteiger partial charge is 0.453 e. The van der Waals surface area contributed by atoms with Crippen LogP contribution >= 0.6 is 11.3 Å². The number of fused-ring (bicyclic) bond motifs is 1. The first-order valence-electron chi connectivity index (χ1n) is 10.4. The molecule has 1 N–H and O–H groups in total. The number of guanidine groups is 1. The predicted molar refractivity (Wildman–Crippen MR) is 120 cm³/mol. The van der Waals surface area contributed by atoms with E-state index in [0.717, 1.165) is 16.9 Å². The Morgan fingerprint density at radius 1 is 1.31 bits per heavy atom. The number of carbonyl (C=O) groups is 1. The third kappa shape index (κ3) is 4.17. The van der Waals surface area contributed by atoms with Crippen LogP contribution in [0.5, 0.6) is 0 Å². The van der Waals surface area contributed by atoms with E-state index in [1.165, 1.54) is 30.1 Å². The highest BCUT2D eigenvalue weighted by atomic mass is 32.1. The maximum absolute atomic E-state index is 13.3. The van der Waals surface area contributed by atoms with Crippen LogP contribution in [0.4, 0.5) is 4.79 Å². The standard InChI is InChI=1S/C20H27N5O6S/c1-12-14(11-23-6-5-21-18(23)22-19(27)30-3)32-17-15(12)16(26)24(7-9-29-2)20(28)25(17)10-13-4-8-31-13/h13H,4-11H2,1-3H3,(H,21,22,27). The number of carbonyl (C=O) groups excluding carboxylic acids is 1. The normalized spacial score (nSPS) is 18.0. The molecule has 2 aromatic rings. The van der Waals surface area contributed by atoms with Gasteiger partial charge >= 0.3 is 11.8 Å². The van der Waals surface area contributed by atoms with Crippen LogP contribution in [-0.4, -0.2) is 72.7 Å². The lowest BCUT2D eigenvalue weighted by Gasteiger charge is -2.27. The number of aromatic nitrogens is 2. The van der Waals surface area contributed by atoms with Crippen LogP contribution in [-0.2, 0) is 33.8 Å². The minimum Gasteiger partial charge on any atom is -0.453 e. The molecule has 0 aliphatic carbocycles. The molecule has 11 nitrogen and oxygen atoms in total. The lowest BCUT2D eigenvalue weighted by Crippen LogP contribution is -2.43. The van der Waals surface area contributed by atoms with Gasteiger partial charge in [-0.1, -0.05) is 0 Å². The average molecular weight is 466 g/mol. The summed E-state index contributed by atoms with van der Waals surface area (Å²) in [5.41, 5.74) is 0.170. The van der Waals surface area contributed by atoms with Gasteiger partial charge in [0.25, 0.3) is 5.56 Å². The topological polar surface area (TPSA) is 116 Å². The van der Waals surface area contributed by atoms with E-state index < -0.39 is 6.09 Å².